The Morgan fingerprint density at radius 3 is 2.92 bits per heavy atom. The summed E-state index contributed by atoms with van der Waals surface area (Å²) in [5.41, 5.74) is -0.227. The molecule has 132 valence electrons. The minimum atomic E-state index is -0.590. The molecular formula is C13H15N7O4S. The van der Waals surface area contributed by atoms with E-state index in [4.69, 9.17) is 17.0 Å². The minimum Gasteiger partial charge on any atom is -0.477 e. The Kier molecular flexibility index (Phi) is 6.28. The van der Waals surface area contributed by atoms with E-state index in [0.717, 1.165) is 6.42 Å². The molecule has 0 saturated heterocycles. The van der Waals surface area contributed by atoms with Gasteiger partial charge < -0.3 is 4.74 Å². The predicted octanol–water partition coefficient (Wildman–Crippen LogP) is 0.883. The second kappa shape index (κ2) is 8.63. The van der Waals surface area contributed by atoms with Crippen LogP contribution in [0, 0.1) is 10.1 Å². The molecule has 0 aliphatic carbocycles. The SMILES string of the molecule is CCCn1nnnc1NC(=S)NC(=O)COc1ccccc1[N+](=O)[O-]. The third-order valence-corrected chi connectivity index (χ3v) is 3.07. The van der Waals surface area contributed by atoms with Gasteiger partial charge in [0.05, 0.1) is 4.92 Å². The lowest BCUT2D eigenvalue weighted by molar-refractivity contribution is -0.385. The number of nitrogens with zero attached hydrogens (tertiary/aromatic N) is 5. The molecule has 1 aromatic carbocycles. The molecule has 0 radical (unpaired) electrons. The Morgan fingerprint density at radius 2 is 2.20 bits per heavy atom. The van der Waals surface area contributed by atoms with Gasteiger partial charge in [-0.15, -0.1) is 0 Å². The molecule has 2 rings (SSSR count). The van der Waals surface area contributed by atoms with Crippen molar-refractivity contribution < 1.29 is 14.5 Å². The van der Waals surface area contributed by atoms with Gasteiger partial charge in [0.25, 0.3) is 5.91 Å². The summed E-state index contributed by atoms with van der Waals surface area (Å²) in [6.45, 7) is 2.12. The number of thiocarbonyl (C=S) groups is 1. The summed E-state index contributed by atoms with van der Waals surface area (Å²) in [6.07, 6.45) is 0.822. The maximum absolute atomic E-state index is 11.9. The maximum atomic E-state index is 11.9. The van der Waals surface area contributed by atoms with E-state index >= 15 is 0 Å². The Balaban J connectivity index is 1.87. The number of ether oxygens (including phenoxy) is 1. The van der Waals surface area contributed by atoms with Gasteiger partial charge >= 0.3 is 5.69 Å². The van der Waals surface area contributed by atoms with Crippen molar-refractivity contribution in [1.82, 2.24) is 25.5 Å². The summed E-state index contributed by atoms with van der Waals surface area (Å²) in [5, 5.41) is 27.0. The van der Waals surface area contributed by atoms with Gasteiger partial charge in [-0.25, -0.2) is 4.68 Å². The van der Waals surface area contributed by atoms with Crippen molar-refractivity contribution in [2.75, 3.05) is 11.9 Å². The topological polar surface area (TPSA) is 137 Å². The van der Waals surface area contributed by atoms with Gasteiger partial charge in [-0.1, -0.05) is 24.2 Å². The first-order chi connectivity index (χ1) is 12.0. The first-order valence-corrected chi connectivity index (χ1v) is 7.65. The van der Waals surface area contributed by atoms with E-state index in [0.29, 0.717) is 12.5 Å². The van der Waals surface area contributed by atoms with Crippen LogP contribution in [0.15, 0.2) is 24.3 Å². The number of carbonyl (C=O) groups excluding carboxylic acids is 1. The van der Waals surface area contributed by atoms with Gasteiger partial charge in [0.15, 0.2) is 17.5 Å². The number of hydrogen-bond acceptors (Lipinski definition) is 8. The third-order valence-electron chi connectivity index (χ3n) is 2.87. The number of aromatic nitrogens is 4. The Morgan fingerprint density at radius 1 is 1.44 bits per heavy atom. The highest BCUT2D eigenvalue weighted by molar-refractivity contribution is 7.80. The van der Waals surface area contributed by atoms with E-state index in [-0.39, 0.29) is 16.5 Å². The van der Waals surface area contributed by atoms with Crippen LogP contribution >= 0.6 is 12.2 Å². The Hall–Kier alpha value is -3.15. The number of hydrogen-bond donors (Lipinski definition) is 2. The fourth-order valence-corrected chi connectivity index (χ4v) is 2.03. The molecule has 0 atom stereocenters. The highest BCUT2D eigenvalue weighted by atomic mass is 32.1. The van der Waals surface area contributed by atoms with E-state index in [1.54, 1.807) is 6.07 Å². The number of anilines is 1. The molecule has 0 aliphatic heterocycles. The van der Waals surface area contributed by atoms with Gasteiger partial charge in [-0.3, -0.25) is 25.5 Å². The van der Waals surface area contributed by atoms with E-state index in [1.165, 1.54) is 22.9 Å². The number of rotatable bonds is 7. The van der Waals surface area contributed by atoms with Crippen LogP contribution in [0.1, 0.15) is 13.3 Å². The van der Waals surface area contributed by atoms with Crippen LogP contribution in [-0.4, -0.2) is 42.8 Å². The highest BCUT2D eigenvalue weighted by Crippen LogP contribution is 2.25. The molecular weight excluding hydrogens is 350 g/mol. The van der Waals surface area contributed by atoms with Crippen molar-refractivity contribution in [3.8, 4) is 5.75 Å². The predicted molar refractivity (Wildman–Crippen MR) is 91.1 cm³/mol. The Bertz CT molecular complexity index is 779. The molecule has 0 bridgehead atoms. The molecule has 11 nitrogen and oxygen atoms in total. The highest BCUT2D eigenvalue weighted by Gasteiger charge is 2.15. The molecule has 2 aromatic rings. The van der Waals surface area contributed by atoms with Crippen LogP contribution < -0.4 is 15.4 Å². The average molecular weight is 365 g/mol. The number of benzene rings is 1. The van der Waals surface area contributed by atoms with Crippen molar-refractivity contribution in [3.05, 3.63) is 34.4 Å². The van der Waals surface area contributed by atoms with Gasteiger partial charge in [-0.05, 0) is 35.1 Å². The lowest BCUT2D eigenvalue weighted by Crippen LogP contribution is -2.38. The normalized spacial score (nSPS) is 10.1. The largest absolute Gasteiger partial charge is 0.477 e. The van der Waals surface area contributed by atoms with Crippen molar-refractivity contribution in [2.45, 2.75) is 19.9 Å². The molecule has 0 aliphatic rings. The zero-order valence-corrected chi connectivity index (χ0v) is 14.0. The van der Waals surface area contributed by atoms with Crippen LogP contribution in [0.2, 0.25) is 0 Å². The molecule has 0 saturated carbocycles. The van der Waals surface area contributed by atoms with Crippen molar-refractivity contribution in [2.24, 2.45) is 0 Å². The fraction of sp³-hybridized carbons (Fsp3) is 0.308. The zero-order chi connectivity index (χ0) is 18.2. The summed E-state index contributed by atoms with van der Waals surface area (Å²) >= 11 is 5.00. The van der Waals surface area contributed by atoms with Crippen molar-refractivity contribution in [3.63, 3.8) is 0 Å². The minimum absolute atomic E-state index is 0.00610. The number of tetrazole rings is 1. The number of nitrogens with one attached hydrogen (secondary N) is 2. The van der Waals surface area contributed by atoms with Gasteiger partial charge in [0.2, 0.25) is 5.95 Å². The van der Waals surface area contributed by atoms with Crippen LogP contribution in [0.3, 0.4) is 0 Å². The number of nitro groups is 1. The molecule has 2 N–H and O–H groups in total. The van der Waals surface area contributed by atoms with Crippen molar-refractivity contribution >= 4 is 34.9 Å². The molecule has 0 unspecified atom stereocenters. The second-order valence-corrected chi connectivity index (χ2v) is 5.15. The monoisotopic (exact) mass is 365 g/mol. The number of aryl methyl sites for hydroxylation is 1. The summed E-state index contributed by atoms with van der Waals surface area (Å²) < 4.78 is 6.67. The standard InChI is InChI=1S/C13H15N7O4S/c1-2-7-19-12(16-17-18-19)15-13(25)14-11(21)8-24-10-6-4-3-5-9(10)20(22)23/h3-6H,2,7-8H2,1H3,(H2,14,15,16,18,21,25). The van der Waals surface area contributed by atoms with E-state index in [9.17, 15) is 14.9 Å². The van der Waals surface area contributed by atoms with Crippen LogP contribution in [0.25, 0.3) is 0 Å². The summed E-state index contributed by atoms with van der Waals surface area (Å²) in [7, 11) is 0. The van der Waals surface area contributed by atoms with E-state index < -0.39 is 17.4 Å². The van der Waals surface area contributed by atoms with Gasteiger partial charge in [0.1, 0.15) is 0 Å². The number of amides is 1. The fourth-order valence-electron chi connectivity index (χ4n) is 1.83. The zero-order valence-electron chi connectivity index (χ0n) is 13.2. The summed E-state index contributed by atoms with van der Waals surface area (Å²) in [4.78, 5) is 22.1. The summed E-state index contributed by atoms with van der Waals surface area (Å²) in [6, 6.07) is 5.76. The first kappa shape index (κ1) is 18.2. The smallest absolute Gasteiger partial charge is 0.310 e. The first-order valence-electron chi connectivity index (χ1n) is 7.24. The lowest BCUT2D eigenvalue weighted by atomic mass is 10.3. The van der Waals surface area contributed by atoms with Crippen LogP contribution in [-0.2, 0) is 11.3 Å². The number of para-hydroxylation sites is 2. The molecule has 12 heteroatoms. The number of carbonyl (C=O) groups is 1. The molecule has 0 fully saturated rings. The molecule has 1 amide bonds. The van der Waals surface area contributed by atoms with Crippen molar-refractivity contribution in [1.29, 1.82) is 0 Å². The van der Waals surface area contributed by atoms with Gasteiger partial charge in [0, 0.05) is 12.6 Å². The second-order valence-electron chi connectivity index (χ2n) is 4.74. The van der Waals surface area contributed by atoms with E-state index in [1.807, 2.05) is 6.92 Å². The number of nitro benzene ring substituents is 1. The molecule has 1 aromatic heterocycles. The van der Waals surface area contributed by atoms with Crippen LogP contribution in [0.4, 0.5) is 11.6 Å². The quantitative estimate of drug-likeness (QED) is 0.416. The van der Waals surface area contributed by atoms with Crippen LogP contribution in [0.5, 0.6) is 5.75 Å². The lowest BCUT2D eigenvalue weighted by Gasteiger charge is -2.10. The summed E-state index contributed by atoms with van der Waals surface area (Å²) in [5.74, 6) is -0.287. The van der Waals surface area contributed by atoms with Gasteiger partial charge in [-0.2, -0.15) is 0 Å². The maximum Gasteiger partial charge on any atom is 0.310 e. The third kappa shape index (κ3) is 5.17. The molecule has 25 heavy (non-hydrogen) atoms. The van der Waals surface area contributed by atoms with E-state index in [2.05, 4.69) is 26.2 Å². The molecule has 1 heterocycles. The molecule has 0 spiro atoms. The average Bonchev–Trinajstić information content (AvgIpc) is 3.00. The Labute approximate surface area is 147 Å².